The van der Waals surface area contributed by atoms with E-state index in [1.165, 1.54) is 24.4 Å². The van der Waals surface area contributed by atoms with Crippen molar-refractivity contribution in [1.29, 1.82) is 5.41 Å². The SMILES string of the molecule is CC/C(=C(/c1ccc(/C=C/C(=O)OC(C)(C)C)cc1)c1ccc(NC2CCCCO2)c(C=N)c1)c1ccc(F)cc1Cl. The van der Waals surface area contributed by atoms with Gasteiger partial charge in [0, 0.05) is 30.1 Å². The zero-order valence-corrected chi connectivity index (χ0v) is 25.4. The van der Waals surface area contributed by atoms with Crippen LogP contribution in [0.1, 0.15) is 81.2 Å². The number of rotatable bonds is 9. The zero-order chi connectivity index (χ0) is 30.3. The first-order valence-corrected chi connectivity index (χ1v) is 14.7. The molecule has 2 N–H and O–H groups in total. The number of nitrogens with one attached hydrogen (secondary N) is 2. The maximum absolute atomic E-state index is 14.0. The topological polar surface area (TPSA) is 71.4 Å². The van der Waals surface area contributed by atoms with E-state index in [1.54, 1.807) is 12.1 Å². The molecule has 1 unspecified atom stereocenters. The van der Waals surface area contributed by atoms with Crippen molar-refractivity contribution in [1.82, 2.24) is 0 Å². The molecular formula is C35H38ClFN2O3. The molecule has 1 heterocycles. The van der Waals surface area contributed by atoms with Gasteiger partial charge in [-0.2, -0.15) is 0 Å². The van der Waals surface area contributed by atoms with Crippen molar-refractivity contribution >= 4 is 46.7 Å². The van der Waals surface area contributed by atoms with Crippen LogP contribution in [0.2, 0.25) is 5.02 Å². The van der Waals surface area contributed by atoms with Gasteiger partial charge in [0.2, 0.25) is 0 Å². The summed E-state index contributed by atoms with van der Waals surface area (Å²) in [4.78, 5) is 12.2. The first-order valence-electron chi connectivity index (χ1n) is 14.3. The average molecular weight is 589 g/mol. The standard InChI is InChI=1S/C35H38ClFN2O3/c1-5-28(29-16-15-27(37)21-30(29)36)34(24-12-9-23(10-13-24)11-18-33(40)42-35(2,3)4)25-14-17-31(26(20-25)22-38)39-32-8-6-7-19-41-32/h9-18,20-22,32,38-39H,5-8,19H2,1-4H3/b18-11+,34-28+,38-22?. The summed E-state index contributed by atoms with van der Waals surface area (Å²) in [6.07, 6.45) is 8.12. The molecular weight excluding hydrogens is 551 g/mol. The maximum Gasteiger partial charge on any atom is 0.331 e. The summed E-state index contributed by atoms with van der Waals surface area (Å²) >= 11 is 6.57. The molecule has 1 saturated heterocycles. The number of benzene rings is 3. The third kappa shape index (κ3) is 8.17. The number of allylic oxidation sites excluding steroid dienone is 1. The van der Waals surface area contributed by atoms with Crippen LogP contribution in [0.3, 0.4) is 0 Å². The molecule has 1 atom stereocenters. The molecule has 1 fully saturated rings. The van der Waals surface area contributed by atoms with Gasteiger partial charge in [-0.1, -0.05) is 54.9 Å². The minimum atomic E-state index is -0.563. The Morgan fingerprint density at radius 1 is 1.10 bits per heavy atom. The number of carbonyl (C=O) groups is 1. The van der Waals surface area contributed by atoms with Crippen LogP contribution >= 0.6 is 11.6 Å². The van der Waals surface area contributed by atoms with Gasteiger partial charge in [-0.25, -0.2) is 9.18 Å². The molecule has 7 heteroatoms. The van der Waals surface area contributed by atoms with Crippen LogP contribution in [0, 0.1) is 11.2 Å². The van der Waals surface area contributed by atoms with Crippen LogP contribution in [0.4, 0.5) is 10.1 Å². The summed E-state index contributed by atoms with van der Waals surface area (Å²) in [5.74, 6) is -0.800. The third-order valence-corrected chi connectivity index (χ3v) is 7.23. The lowest BCUT2D eigenvalue weighted by Crippen LogP contribution is -2.27. The fraction of sp³-hybridized carbons (Fsp3) is 0.314. The van der Waals surface area contributed by atoms with Crippen molar-refractivity contribution in [3.63, 3.8) is 0 Å². The van der Waals surface area contributed by atoms with E-state index in [4.69, 9.17) is 26.5 Å². The Morgan fingerprint density at radius 3 is 2.45 bits per heavy atom. The van der Waals surface area contributed by atoms with E-state index < -0.39 is 17.4 Å². The van der Waals surface area contributed by atoms with Gasteiger partial charge in [-0.05, 0) is 110 Å². The van der Waals surface area contributed by atoms with Crippen molar-refractivity contribution in [2.24, 2.45) is 0 Å². The van der Waals surface area contributed by atoms with Gasteiger partial charge in [0.1, 0.15) is 17.6 Å². The summed E-state index contributed by atoms with van der Waals surface area (Å²) in [5, 5.41) is 11.9. The minimum absolute atomic E-state index is 0.0798. The molecule has 0 aliphatic carbocycles. The Balaban J connectivity index is 1.77. The number of carbonyl (C=O) groups excluding carboxylic acids is 1. The number of hydrogen-bond donors (Lipinski definition) is 2. The summed E-state index contributed by atoms with van der Waals surface area (Å²) in [6.45, 7) is 8.26. The molecule has 0 radical (unpaired) electrons. The molecule has 0 aromatic heterocycles. The van der Waals surface area contributed by atoms with Gasteiger partial charge >= 0.3 is 5.97 Å². The predicted octanol–water partition coefficient (Wildman–Crippen LogP) is 9.14. The van der Waals surface area contributed by atoms with Crippen molar-refractivity contribution in [2.75, 3.05) is 11.9 Å². The van der Waals surface area contributed by atoms with Crippen LogP contribution in [0.5, 0.6) is 0 Å². The fourth-order valence-corrected chi connectivity index (χ4v) is 5.29. The second-order valence-electron chi connectivity index (χ2n) is 11.3. The van der Waals surface area contributed by atoms with E-state index in [0.29, 0.717) is 11.4 Å². The van der Waals surface area contributed by atoms with E-state index in [9.17, 15) is 9.18 Å². The van der Waals surface area contributed by atoms with E-state index in [2.05, 4.69) is 5.32 Å². The van der Waals surface area contributed by atoms with Gasteiger partial charge in [-0.15, -0.1) is 0 Å². The molecule has 1 aliphatic heterocycles. The van der Waals surface area contributed by atoms with Gasteiger partial charge in [0.05, 0.1) is 5.02 Å². The molecule has 0 spiro atoms. The highest BCUT2D eigenvalue weighted by molar-refractivity contribution is 6.32. The highest BCUT2D eigenvalue weighted by atomic mass is 35.5. The average Bonchev–Trinajstić information content (AvgIpc) is 2.96. The van der Waals surface area contributed by atoms with Crippen molar-refractivity contribution in [2.45, 2.75) is 65.2 Å². The van der Waals surface area contributed by atoms with Gasteiger partial charge < -0.3 is 20.2 Å². The molecule has 3 aromatic rings. The van der Waals surface area contributed by atoms with Gasteiger partial charge in [-0.3, -0.25) is 0 Å². The summed E-state index contributed by atoms with van der Waals surface area (Å²) < 4.78 is 25.2. The monoisotopic (exact) mass is 588 g/mol. The number of halogens is 2. The Hall–Kier alpha value is -3.74. The molecule has 0 saturated carbocycles. The lowest BCUT2D eigenvalue weighted by Gasteiger charge is -2.25. The summed E-state index contributed by atoms with van der Waals surface area (Å²) in [7, 11) is 0. The minimum Gasteiger partial charge on any atom is -0.457 e. The van der Waals surface area contributed by atoms with Crippen molar-refractivity contribution < 1.29 is 18.7 Å². The Morgan fingerprint density at radius 2 is 1.83 bits per heavy atom. The zero-order valence-electron chi connectivity index (χ0n) is 24.6. The van der Waals surface area contributed by atoms with Crippen molar-refractivity contribution in [3.05, 3.63) is 105 Å². The number of hydrogen-bond acceptors (Lipinski definition) is 5. The summed E-state index contributed by atoms with van der Waals surface area (Å²) in [5.41, 5.74) is 6.30. The van der Waals surface area contributed by atoms with Crippen molar-refractivity contribution in [3.8, 4) is 0 Å². The van der Waals surface area contributed by atoms with E-state index in [1.807, 2.05) is 70.2 Å². The molecule has 42 heavy (non-hydrogen) atoms. The van der Waals surface area contributed by atoms with Crippen LogP contribution in [-0.4, -0.2) is 30.6 Å². The smallest absolute Gasteiger partial charge is 0.331 e. The third-order valence-electron chi connectivity index (χ3n) is 6.92. The molecule has 5 nitrogen and oxygen atoms in total. The maximum atomic E-state index is 14.0. The first kappa shape index (κ1) is 31.2. The Labute approximate surface area is 252 Å². The lowest BCUT2D eigenvalue weighted by atomic mass is 9.87. The van der Waals surface area contributed by atoms with E-state index in [-0.39, 0.29) is 6.23 Å². The quantitative estimate of drug-likeness (QED) is 0.113. The molecule has 3 aromatic carbocycles. The van der Waals surface area contributed by atoms with Crippen LogP contribution in [-0.2, 0) is 14.3 Å². The highest BCUT2D eigenvalue weighted by Gasteiger charge is 2.19. The first-order chi connectivity index (χ1) is 20.1. The van der Waals surface area contributed by atoms with Gasteiger partial charge in [0.15, 0.2) is 0 Å². The number of anilines is 1. The van der Waals surface area contributed by atoms with E-state index in [0.717, 1.165) is 70.5 Å². The second-order valence-corrected chi connectivity index (χ2v) is 11.7. The van der Waals surface area contributed by atoms with Gasteiger partial charge in [0.25, 0.3) is 0 Å². The molecule has 0 bridgehead atoms. The summed E-state index contributed by atoms with van der Waals surface area (Å²) in [6, 6.07) is 18.3. The Bertz CT molecular complexity index is 1480. The van der Waals surface area contributed by atoms with E-state index >= 15 is 0 Å². The molecule has 220 valence electrons. The highest BCUT2D eigenvalue weighted by Crippen LogP contribution is 2.38. The number of esters is 1. The normalized spacial score (nSPS) is 16.2. The second kappa shape index (κ2) is 14.0. The molecule has 1 aliphatic rings. The lowest BCUT2D eigenvalue weighted by molar-refractivity contribution is -0.148. The predicted molar refractivity (Wildman–Crippen MR) is 170 cm³/mol. The molecule has 0 amide bonds. The van der Waals surface area contributed by atoms with Crippen LogP contribution in [0.25, 0.3) is 17.2 Å². The largest absolute Gasteiger partial charge is 0.457 e. The number of ether oxygens (including phenoxy) is 2. The van der Waals surface area contributed by atoms with Crippen LogP contribution < -0.4 is 5.32 Å². The fourth-order valence-electron chi connectivity index (χ4n) is 5.01. The molecule has 4 rings (SSSR count). The Kier molecular flexibility index (Phi) is 10.4. The van der Waals surface area contributed by atoms with Crippen LogP contribution in [0.15, 0.2) is 66.7 Å².